The average molecular weight is 1310 g/mol. The van der Waals surface area contributed by atoms with Crippen LogP contribution in [0.5, 0.6) is 0 Å². The molecule has 4 fully saturated rings. The summed E-state index contributed by atoms with van der Waals surface area (Å²) >= 11 is 0. The molecule has 4 aliphatic rings. The van der Waals surface area contributed by atoms with E-state index in [0.717, 1.165) is 86.5 Å². The second-order valence-electron chi connectivity index (χ2n) is 25.9. The Kier molecular flexibility index (Phi) is 30.0. The second kappa shape index (κ2) is 38.9. The molecule has 2 aliphatic carbocycles. The highest BCUT2D eigenvalue weighted by Crippen LogP contribution is 2.34. The van der Waals surface area contributed by atoms with Crippen molar-refractivity contribution in [2.24, 2.45) is 11.8 Å². The predicted molar refractivity (Wildman–Crippen MR) is 365 cm³/mol. The smallest absolute Gasteiger partial charge is 0.246 e. The third-order valence-corrected chi connectivity index (χ3v) is 19.4. The van der Waals surface area contributed by atoms with Gasteiger partial charge in [0.25, 0.3) is 0 Å². The maximum Gasteiger partial charge on any atom is 0.246 e. The first kappa shape index (κ1) is 73.3. The first-order chi connectivity index (χ1) is 46.3. The summed E-state index contributed by atoms with van der Waals surface area (Å²) in [7, 11) is 3.41. The van der Waals surface area contributed by atoms with Gasteiger partial charge in [-0.1, -0.05) is 160 Å². The maximum absolute atomic E-state index is 14.7. The van der Waals surface area contributed by atoms with Crippen molar-refractivity contribution in [3.8, 4) is 0 Å². The van der Waals surface area contributed by atoms with Gasteiger partial charge in [0.15, 0.2) is 0 Å². The predicted octanol–water partition coefficient (Wildman–Crippen LogP) is 6.01. The largest absolute Gasteiger partial charge is 0.379 e. The zero-order chi connectivity index (χ0) is 67.3. The number of nitrogens with one attached hydrogen (secondary N) is 8. The second-order valence-corrected chi connectivity index (χ2v) is 25.9. The summed E-state index contributed by atoms with van der Waals surface area (Å²) in [5.74, 6) is -3.82. The number of benzene rings is 4. The van der Waals surface area contributed by atoms with Gasteiger partial charge in [0.1, 0.15) is 36.3 Å². The molecule has 0 aromatic heterocycles. The fourth-order valence-corrected chi connectivity index (χ4v) is 13.9. The van der Waals surface area contributed by atoms with Crippen LogP contribution in [-0.4, -0.2) is 185 Å². The van der Waals surface area contributed by atoms with Gasteiger partial charge in [0, 0.05) is 51.2 Å². The van der Waals surface area contributed by atoms with E-state index in [1.165, 1.54) is 0 Å². The molecule has 2 saturated heterocycles. The van der Waals surface area contributed by atoms with Crippen molar-refractivity contribution in [2.45, 2.75) is 177 Å². The minimum atomic E-state index is -1.04. The van der Waals surface area contributed by atoms with Gasteiger partial charge in [-0.25, -0.2) is 0 Å². The Morgan fingerprint density at radius 2 is 0.716 bits per heavy atom. The Labute approximate surface area is 561 Å². The molecular weight excluding hydrogens is 1200 g/mol. The Balaban J connectivity index is 0.792. The zero-order valence-electron chi connectivity index (χ0n) is 56.2. The van der Waals surface area contributed by atoms with Crippen molar-refractivity contribution in [3.05, 3.63) is 144 Å². The average Bonchev–Trinajstić information content (AvgIpc) is 1.82. The summed E-state index contributed by atoms with van der Waals surface area (Å²) in [6, 6.07) is 32.2. The van der Waals surface area contributed by atoms with E-state index in [0.29, 0.717) is 91.3 Å². The molecule has 2 aliphatic heterocycles. The molecule has 8 N–H and O–H groups in total. The molecule has 0 bridgehead atoms. The molecule has 95 heavy (non-hydrogen) atoms. The number of hydrogen-bond donors (Lipinski definition) is 8. The standard InChI is InChI=1S/C74H104N10O11/c1-51(75-3)67(85)79-63(57-35-19-9-20-36-57)73(91)83-43-23-39-59(83)69(87)81-65(61(53-27-11-5-12-28-53)54-29-13-6-14-30-54)71(89)77-41-25-45-93-47-49-95-50-48-94-46-26-42-78-72(90)66(62(55-31-15-7-16-32-55)56-33-17-8-18-34-56)82-70(88)60-40-24-44-84(60)74(92)64(58-37-21-10-22-38-58)80-68(86)52(2)76-4/h5-8,11-18,27-34,51-52,57-66,75-76H,9-10,19-26,35-50H2,1-4H3,(H,77,89)(H,78,90)(H,79,85)(H,80,86)(H,81,87)(H,82,88)/t51-,52+,59?,60?,63-,64-,65-,66-/m0/s1. The molecule has 8 atom stereocenters. The maximum atomic E-state index is 14.7. The lowest BCUT2D eigenvalue weighted by atomic mass is 9.83. The summed E-state index contributed by atoms with van der Waals surface area (Å²) in [4.78, 5) is 117. The van der Waals surface area contributed by atoms with Crippen molar-refractivity contribution in [2.75, 3.05) is 79.9 Å². The lowest BCUT2D eigenvalue weighted by Crippen LogP contribution is -2.59. The molecule has 0 radical (unpaired) electrons. The van der Waals surface area contributed by atoms with Crippen LogP contribution in [0.2, 0.25) is 0 Å². The first-order valence-corrected chi connectivity index (χ1v) is 34.9. The molecule has 21 heteroatoms. The quantitative estimate of drug-likeness (QED) is 0.0243. The molecular formula is C74H104N10O11. The van der Waals surface area contributed by atoms with Crippen molar-refractivity contribution in [3.63, 3.8) is 0 Å². The molecule has 516 valence electrons. The lowest BCUT2D eigenvalue weighted by Gasteiger charge is -2.36. The van der Waals surface area contributed by atoms with E-state index < -0.39 is 72.0 Å². The Bertz CT molecular complexity index is 2750. The van der Waals surface area contributed by atoms with Crippen molar-refractivity contribution >= 4 is 47.3 Å². The minimum Gasteiger partial charge on any atom is -0.379 e. The molecule has 8 rings (SSSR count). The van der Waals surface area contributed by atoms with Crippen LogP contribution in [-0.2, 0) is 52.6 Å². The first-order valence-electron chi connectivity index (χ1n) is 34.9. The normalized spacial score (nSPS) is 18.8. The van der Waals surface area contributed by atoms with Crippen LogP contribution in [0.15, 0.2) is 121 Å². The summed E-state index contributed by atoms with van der Waals surface area (Å²) < 4.78 is 17.6. The molecule has 4 aromatic carbocycles. The summed E-state index contributed by atoms with van der Waals surface area (Å²) in [6.45, 7) is 6.74. The third kappa shape index (κ3) is 21.2. The number of hydrogen-bond acceptors (Lipinski definition) is 13. The van der Waals surface area contributed by atoms with E-state index >= 15 is 0 Å². The van der Waals surface area contributed by atoms with Gasteiger partial charge >= 0.3 is 0 Å². The van der Waals surface area contributed by atoms with Gasteiger partial charge in [0.2, 0.25) is 47.3 Å². The van der Waals surface area contributed by atoms with Gasteiger partial charge in [-0.05, 0) is 126 Å². The van der Waals surface area contributed by atoms with Crippen LogP contribution in [0, 0.1) is 11.8 Å². The zero-order valence-corrected chi connectivity index (χ0v) is 56.2. The number of rotatable bonds is 36. The highest BCUT2D eigenvalue weighted by molar-refractivity contribution is 5.97. The van der Waals surface area contributed by atoms with Gasteiger partial charge in [-0.15, -0.1) is 0 Å². The molecule has 2 saturated carbocycles. The number of amides is 8. The van der Waals surface area contributed by atoms with E-state index in [-0.39, 0.29) is 60.4 Å². The van der Waals surface area contributed by atoms with Crippen LogP contribution in [0.1, 0.15) is 151 Å². The van der Waals surface area contributed by atoms with E-state index in [9.17, 15) is 38.4 Å². The van der Waals surface area contributed by atoms with Crippen LogP contribution in [0.3, 0.4) is 0 Å². The number of likely N-dealkylation sites (tertiary alicyclic amines) is 2. The number of carbonyl (C=O) groups excluding carboxylic acids is 8. The highest BCUT2D eigenvalue weighted by atomic mass is 16.5. The lowest BCUT2D eigenvalue weighted by molar-refractivity contribution is -0.143. The fraction of sp³-hybridized carbons (Fsp3) is 0.568. The molecule has 2 unspecified atom stereocenters. The van der Waals surface area contributed by atoms with Crippen LogP contribution in [0.25, 0.3) is 0 Å². The van der Waals surface area contributed by atoms with Crippen molar-refractivity contribution < 1.29 is 52.6 Å². The monoisotopic (exact) mass is 1310 g/mol. The third-order valence-electron chi connectivity index (χ3n) is 19.4. The topological polar surface area (TPSA) is 267 Å². The van der Waals surface area contributed by atoms with Crippen LogP contribution >= 0.6 is 0 Å². The summed E-state index contributed by atoms with van der Waals surface area (Å²) in [6.07, 6.45) is 12.4. The number of likely N-dealkylation sites (N-methyl/N-ethyl adjacent to an activating group) is 2. The number of ether oxygens (including phenoxy) is 3. The minimum absolute atomic E-state index is 0.0389. The molecule has 21 nitrogen and oxygen atoms in total. The van der Waals surface area contributed by atoms with Crippen molar-refractivity contribution in [1.82, 2.24) is 52.3 Å². The number of carbonyl (C=O) groups is 8. The van der Waals surface area contributed by atoms with Crippen LogP contribution < -0.4 is 42.5 Å². The summed E-state index contributed by atoms with van der Waals surface area (Å²) in [5, 5.41) is 24.4. The molecule has 8 amide bonds. The van der Waals surface area contributed by atoms with Gasteiger partial charge < -0.3 is 66.5 Å². The van der Waals surface area contributed by atoms with Crippen LogP contribution in [0.4, 0.5) is 0 Å². The highest BCUT2D eigenvalue weighted by Gasteiger charge is 2.45. The SMILES string of the molecule is CN[C@@H](C)C(=O)N[C@H](C(=O)N1CCCC1C(=O)N[C@H](C(=O)NCCCOCCOCCOCCCNC(=O)[C@@H](NC(=O)C1CCCN1C(=O)[C@@H](NC(=O)[C@@H](C)NC)C1CCCCC1)C(c1ccccc1)c1ccccc1)C(c1ccccc1)c1ccccc1)C1CCCCC1. The number of nitrogens with zero attached hydrogens (tertiary/aromatic N) is 2. The van der Waals surface area contributed by atoms with E-state index in [2.05, 4.69) is 42.5 Å². The molecule has 0 spiro atoms. The fourth-order valence-electron chi connectivity index (χ4n) is 13.9. The van der Waals surface area contributed by atoms with Gasteiger partial charge in [-0.3, -0.25) is 38.4 Å². The molecule has 4 aromatic rings. The Morgan fingerprint density at radius 1 is 0.400 bits per heavy atom. The summed E-state index contributed by atoms with van der Waals surface area (Å²) in [5.41, 5.74) is 3.36. The van der Waals surface area contributed by atoms with Crippen molar-refractivity contribution in [1.29, 1.82) is 0 Å². The molecule has 2 heterocycles. The van der Waals surface area contributed by atoms with E-state index in [1.807, 2.05) is 121 Å². The van der Waals surface area contributed by atoms with Gasteiger partial charge in [0.05, 0.1) is 38.5 Å². The van der Waals surface area contributed by atoms with E-state index in [1.54, 1.807) is 37.7 Å². The Hall–Kier alpha value is -7.56. The van der Waals surface area contributed by atoms with E-state index in [4.69, 9.17) is 14.2 Å². The Morgan fingerprint density at radius 3 is 1.03 bits per heavy atom. The van der Waals surface area contributed by atoms with Gasteiger partial charge in [-0.2, -0.15) is 0 Å².